The maximum atomic E-state index is 10.8. The molecule has 0 unspecified atom stereocenters. The van der Waals surface area contributed by atoms with Crippen molar-refractivity contribution in [2.75, 3.05) is 0 Å². The maximum absolute atomic E-state index is 10.8. The van der Waals surface area contributed by atoms with Gasteiger partial charge in [-0.3, -0.25) is 13.9 Å². The molecular weight excluding hydrogens is 260 g/mol. The summed E-state index contributed by atoms with van der Waals surface area (Å²) in [7, 11) is -4.67. The van der Waals surface area contributed by atoms with Gasteiger partial charge in [-0.2, -0.15) is 8.42 Å². The third kappa shape index (κ3) is 4.87. The number of para-hydroxylation sites is 1. The van der Waals surface area contributed by atoms with Crippen LogP contribution in [0.1, 0.15) is 10.5 Å². The molecular formula is C10H10N2O5S. The van der Waals surface area contributed by atoms with Gasteiger partial charge in [0.25, 0.3) is 5.91 Å². The van der Waals surface area contributed by atoms with Crippen molar-refractivity contribution in [3.05, 3.63) is 42.1 Å². The first-order valence-electron chi connectivity index (χ1n) is 4.63. The summed E-state index contributed by atoms with van der Waals surface area (Å²) in [5.41, 5.74) is 6.20. The molecule has 18 heavy (non-hydrogen) atoms. The number of amides is 1. The van der Waals surface area contributed by atoms with Crippen LogP contribution in [0, 0.1) is 0 Å². The highest BCUT2D eigenvalue weighted by Gasteiger charge is 2.01. The lowest BCUT2D eigenvalue weighted by atomic mass is 10.2. The van der Waals surface area contributed by atoms with Crippen molar-refractivity contribution in [1.82, 2.24) is 4.98 Å². The average Bonchev–Trinajstić information content (AvgIpc) is 2.26. The third-order valence-corrected chi connectivity index (χ3v) is 1.85. The summed E-state index contributed by atoms with van der Waals surface area (Å²) in [4.78, 5) is 14.9. The monoisotopic (exact) mass is 270 g/mol. The maximum Gasteiger partial charge on any atom is 0.394 e. The number of nitrogens with two attached hydrogens (primary N) is 1. The van der Waals surface area contributed by atoms with E-state index < -0.39 is 16.3 Å². The predicted molar refractivity (Wildman–Crippen MR) is 64.4 cm³/mol. The normalized spacial score (nSPS) is 10.6. The van der Waals surface area contributed by atoms with Crippen LogP contribution in [0.2, 0.25) is 0 Å². The summed E-state index contributed by atoms with van der Waals surface area (Å²) in [6.45, 7) is 0. The van der Waals surface area contributed by atoms with Gasteiger partial charge < -0.3 is 5.73 Å². The van der Waals surface area contributed by atoms with Crippen LogP contribution in [0.4, 0.5) is 0 Å². The molecule has 0 saturated heterocycles. The molecule has 1 heterocycles. The van der Waals surface area contributed by atoms with Crippen LogP contribution in [-0.2, 0) is 10.4 Å². The number of nitrogens with zero attached hydrogens (tertiary/aromatic N) is 1. The molecule has 0 saturated carbocycles. The Morgan fingerprint density at radius 3 is 2.22 bits per heavy atom. The second-order valence-electron chi connectivity index (χ2n) is 3.20. The first-order chi connectivity index (χ1) is 8.27. The molecule has 1 aromatic heterocycles. The number of aromatic nitrogens is 1. The van der Waals surface area contributed by atoms with Gasteiger partial charge in [-0.15, -0.1) is 0 Å². The number of fused-ring (bicyclic) bond motifs is 1. The number of hydrogen-bond acceptors (Lipinski definition) is 4. The molecule has 0 aliphatic rings. The second kappa shape index (κ2) is 5.54. The van der Waals surface area contributed by atoms with Gasteiger partial charge in [0.2, 0.25) is 0 Å². The number of pyridine rings is 1. The van der Waals surface area contributed by atoms with Crippen molar-refractivity contribution in [3.8, 4) is 0 Å². The minimum absolute atomic E-state index is 0.304. The molecule has 1 aromatic carbocycles. The summed E-state index contributed by atoms with van der Waals surface area (Å²) in [5, 5.41) is 1.01. The van der Waals surface area contributed by atoms with Gasteiger partial charge >= 0.3 is 10.4 Å². The molecule has 0 bridgehead atoms. The van der Waals surface area contributed by atoms with Crippen LogP contribution in [-0.4, -0.2) is 28.4 Å². The van der Waals surface area contributed by atoms with Gasteiger partial charge in [-0.1, -0.05) is 24.3 Å². The van der Waals surface area contributed by atoms with E-state index in [1.165, 1.54) is 0 Å². The lowest BCUT2D eigenvalue weighted by Gasteiger charge is -1.97. The fraction of sp³-hybridized carbons (Fsp3) is 0. The quantitative estimate of drug-likeness (QED) is 0.653. The fourth-order valence-electron chi connectivity index (χ4n) is 1.20. The van der Waals surface area contributed by atoms with Gasteiger partial charge in [0.15, 0.2) is 0 Å². The van der Waals surface area contributed by atoms with E-state index >= 15 is 0 Å². The number of rotatable bonds is 1. The number of benzene rings is 1. The molecule has 0 fully saturated rings. The molecule has 0 atom stereocenters. The van der Waals surface area contributed by atoms with Crippen LogP contribution in [0.3, 0.4) is 0 Å². The predicted octanol–water partition coefficient (Wildman–Crippen LogP) is 0.681. The van der Waals surface area contributed by atoms with E-state index in [9.17, 15) is 4.79 Å². The SMILES string of the molecule is NC(=O)c1ccc2ccccc2n1.O=S(=O)(O)O. The Bertz CT molecular complexity index is 661. The average molecular weight is 270 g/mol. The summed E-state index contributed by atoms with van der Waals surface area (Å²) in [5.74, 6) is -0.495. The van der Waals surface area contributed by atoms with Crippen molar-refractivity contribution in [1.29, 1.82) is 0 Å². The Morgan fingerprint density at radius 2 is 1.67 bits per heavy atom. The molecule has 96 valence electrons. The summed E-state index contributed by atoms with van der Waals surface area (Å²) < 4.78 is 31.6. The van der Waals surface area contributed by atoms with E-state index in [1.807, 2.05) is 30.3 Å². The Kier molecular flexibility index (Phi) is 4.32. The van der Waals surface area contributed by atoms with Gasteiger partial charge in [0.1, 0.15) is 5.69 Å². The molecule has 2 rings (SSSR count). The van der Waals surface area contributed by atoms with Crippen LogP contribution in [0.15, 0.2) is 36.4 Å². The number of hydrogen-bond donors (Lipinski definition) is 3. The molecule has 7 nitrogen and oxygen atoms in total. The fourth-order valence-corrected chi connectivity index (χ4v) is 1.20. The molecule has 4 N–H and O–H groups in total. The smallest absolute Gasteiger partial charge is 0.364 e. The van der Waals surface area contributed by atoms with Gasteiger partial charge in [-0.25, -0.2) is 4.98 Å². The van der Waals surface area contributed by atoms with Gasteiger partial charge in [-0.05, 0) is 12.1 Å². The zero-order valence-corrected chi connectivity index (χ0v) is 9.83. The van der Waals surface area contributed by atoms with Crippen LogP contribution < -0.4 is 5.73 Å². The number of primary amides is 1. The number of carbonyl (C=O) groups is 1. The standard InChI is InChI=1S/C10H8N2O.H2O4S/c11-10(13)9-6-5-7-3-1-2-4-8(7)12-9;1-5(2,3)4/h1-6H,(H2,11,13);(H2,1,2,3,4). The molecule has 1 amide bonds. The topological polar surface area (TPSA) is 131 Å². The summed E-state index contributed by atoms with van der Waals surface area (Å²) >= 11 is 0. The molecule has 0 radical (unpaired) electrons. The van der Waals surface area contributed by atoms with E-state index in [4.69, 9.17) is 23.3 Å². The van der Waals surface area contributed by atoms with E-state index in [1.54, 1.807) is 6.07 Å². The highest BCUT2D eigenvalue weighted by Crippen LogP contribution is 2.10. The van der Waals surface area contributed by atoms with Crippen LogP contribution in [0.25, 0.3) is 10.9 Å². The Morgan fingerprint density at radius 1 is 1.11 bits per heavy atom. The van der Waals surface area contributed by atoms with E-state index in [0.29, 0.717) is 5.69 Å². The molecule has 0 aliphatic heterocycles. The Labute approximate surface area is 103 Å². The minimum atomic E-state index is -4.67. The molecule has 8 heteroatoms. The first kappa shape index (κ1) is 14.0. The summed E-state index contributed by atoms with van der Waals surface area (Å²) in [6.07, 6.45) is 0. The minimum Gasteiger partial charge on any atom is -0.364 e. The van der Waals surface area contributed by atoms with E-state index in [2.05, 4.69) is 4.98 Å². The third-order valence-electron chi connectivity index (χ3n) is 1.85. The van der Waals surface area contributed by atoms with Crippen molar-refractivity contribution >= 4 is 27.2 Å². The highest BCUT2D eigenvalue weighted by molar-refractivity contribution is 7.79. The first-order valence-corrected chi connectivity index (χ1v) is 6.02. The van der Waals surface area contributed by atoms with Crippen LogP contribution >= 0.6 is 0 Å². The van der Waals surface area contributed by atoms with Crippen molar-refractivity contribution in [2.45, 2.75) is 0 Å². The largest absolute Gasteiger partial charge is 0.394 e. The molecule has 0 aliphatic carbocycles. The number of carbonyl (C=O) groups excluding carboxylic acids is 1. The molecule has 0 spiro atoms. The van der Waals surface area contributed by atoms with Gasteiger partial charge in [0, 0.05) is 5.39 Å². The second-order valence-corrected chi connectivity index (χ2v) is 4.10. The lowest BCUT2D eigenvalue weighted by molar-refractivity contribution is 0.0996. The zero-order valence-electron chi connectivity index (χ0n) is 9.02. The van der Waals surface area contributed by atoms with Gasteiger partial charge in [0.05, 0.1) is 5.52 Å². The van der Waals surface area contributed by atoms with Crippen LogP contribution in [0.5, 0.6) is 0 Å². The summed E-state index contributed by atoms with van der Waals surface area (Å²) in [6, 6.07) is 11.1. The van der Waals surface area contributed by atoms with Crippen molar-refractivity contribution in [3.63, 3.8) is 0 Å². The Balaban J connectivity index is 0.000000280. The van der Waals surface area contributed by atoms with E-state index in [-0.39, 0.29) is 0 Å². The van der Waals surface area contributed by atoms with E-state index in [0.717, 1.165) is 10.9 Å². The highest BCUT2D eigenvalue weighted by atomic mass is 32.3. The Hall–Kier alpha value is -2.03. The van der Waals surface area contributed by atoms with Crippen molar-refractivity contribution in [2.24, 2.45) is 5.73 Å². The lowest BCUT2D eigenvalue weighted by Crippen LogP contribution is -2.12. The molecule has 2 aromatic rings. The zero-order chi connectivity index (χ0) is 13.8. The van der Waals surface area contributed by atoms with Crippen molar-refractivity contribution < 1.29 is 22.3 Å².